The Labute approximate surface area is 142 Å². The van der Waals surface area contributed by atoms with Crippen molar-refractivity contribution in [3.8, 4) is 0 Å². The van der Waals surface area contributed by atoms with Crippen molar-refractivity contribution in [1.29, 1.82) is 0 Å². The molecular formula is C16H27ClO6. The molecule has 134 valence electrons. The van der Waals surface area contributed by atoms with Crippen LogP contribution in [-0.4, -0.2) is 62.4 Å². The van der Waals surface area contributed by atoms with E-state index in [0.29, 0.717) is 25.2 Å². The molecule has 1 aliphatic heterocycles. The molecule has 6 atom stereocenters. The summed E-state index contributed by atoms with van der Waals surface area (Å²) >= 11 is 6.40. The summed E-state index contributed by atoms with van der Waals surface area (Å²) in [6.07, 6.45) is 2.02. The van der Waals surface area contributed by atoms with Crippen molar-refractivity contribution in [2.24, 2.45) is 11.8 Å². The Balaban J connectivity index is 1.89. The summed E-state index contributed by atoms with van der Waals surface area (Å²) in [6, 6.07) is 0. The highest BCUT2D eigenvalue weighted by atomic mass is 35.5. The fourth-order valence-corrected chi connectivity index (χ4v) is 4.04. The summed E-state index contributed by atoms with van der Waals surface area (Å²) in [5.74, 6) is 0.0163. The van der Waals surface area contributed by atoms with Crippen LogP contribution >= 0.6 is 11.6 Å². The molecule has 6 nitrogen and oxygen atoms in total. The number of hydrogen-bond donors (Lipinski definition) is 1. The summed E-state index contributed by atoms with van der Waals surface area (Å²) < 4.78 is 21.3. The van der Waals surface area contributed by atoms with Gasteiger partial charge in [-0.15, -0.1) is 11.6 Å². The maximum atomic E-state index is 11.2. The Bertz CT molecular complexity index is 389. The fourth-order valence-electron chi connectivity index (χ4n) is 3.77. The van der Waals surface area contributed by atoms with Crippen LogP contribution in [0.2, 0.25) is 0 Å². The van der Waals surface area contributed by atoms with E-state index in [4.69, 9.17) is 25.8 Å². The van der Waals surface area contributed by atoms with E-state index in [1.54, 1.807) is 14.2 Å². The van der Waals surface area contributed by atoms with Crippen LogP contribution in [0.1, 0.15) is 32.1 Å². The van der Waals surface area contributed by atoms with Gasteiger partial charge in [0, 0.05) is 33.0 Å². The van der Waals surface area contributed by atoms with Crippen molar-refractivity contribution < 1.29 is 28.8 Å². The summed E-state index contributed by atoms with van der Waals surface area (Å²) in [6.45, 7) is 0. The molecule has 2 fully saturated rings. The van der Waals surface area contributed by atoms with Crippen molar-refractivity contribution in [1.82, 2.24) is 0 Å². The smallest absolute Gasteiger partial charge is 0.305 e. The summed E-state index contributed by atoms with van der Waals surface area (Å²) in [5.41, 5.74) is 0. The van der Waals surface area contributed by atoms with Gasteiger partial charge in [0.2, 0.25) is 0 Å². The van der Waals surface area contributed by atoms with E-state index in [2.05, 4.69) is 4.74 Å². The highest BCUT2D eigenvalue weighted by Gasteiger charge is 2.47. The Kier molecular flexibility index (Phi) is 7.10. The van der Waals surface area contributed by atoms with Crippen molar-refractivity contribution in [2.45, 2.75) is 62.1 Å². The molecule has 0 spiro atoms. The van der Waals surface area contributed by atoms with Crippen LogP contribution in [0.5, 0.6) is 0 Å². The molecule has 6 unspecified atom stereocenters. The van der Waals surface area contributed by atoms with Crippen LogP contribution in [0, 0.1) is 11.8 Å². The van der Waals surface area contributed by atoms with Crippen LogP contribution in [0.4, 0.5) is 0 Å². The summed E-state index contributed by atoms with van der Waals surface area (Å²) in [4.78, 5) is 11.2. The van der Waals surface area contributed by atoms with Crippen LogP contribution in [0.3, 0.4) is 0 Å². The number of esters is 1. The predicted octanol–water partition coefficient (Wildman–Crippen LogP) is 1.71. The van der Waals surface area contributed by atoms with E-state index in [9.17, 15) is 9.90 Å². The number of methoxy groups -OCH3 is 3. The second-order valence-corrected chi connectivity index (χ2v) is 6.94. The van der Waals surface area contributed by atoms with Gasteiger partial charge >= 0.3 is 5.97 Å². The molecule has 2 rings (SSSR count). The van der Waals surface area contributed by atoms with E-state index in [-0.39, 0.29) is 29.5 Å². The Hall–Kier alpha value is -0.400. The molecule has 1 N–H and O–H groups in total. The van der Waals surface area contributed by atoms with Gasteiger partial charge in [0.25, 0.3) is 0 Å². The SMILES string of the molecule is COC(=O)CCC(Cl)C1CC2CC(C(OC)OC)C(O)CC2O1. The lowest BCUT2D eigenvalue weighted by atomic mass is 9.76. The van der Waals surface area contributed by atoms with Gasteiger partial charge in [0.15, 0.2) is 6.29 Å². The maximum absolute atomic E-state index is 11.2. The first-order chi connectivity index (χ1) is 11.0. The molecule has 1 aliphatic carbocycles. The lowest BCUT2D eigenvalue weighted by Crippen LogP contribution is -2.43. The van der Waals surface area contributed by atoms with Crippen molar-refractivity contribution in [2.75, 3.05) is 21.3 Å². The molecule has 0 amide bonds. The van der Waals surface area contributed by atoms with Gasteiger partial charge in [-0.3, -0.25) is 4.79 Å². The summed E-state index contributed by atoms with van der Waals surface area (Å²) in [5, 5.41) is 10.1. The predicted molar refractivity (Wildman–Crippen MR) is 84.2 cm³/mol. The second kappa shape index (κ2) is 8.62. The van der Waals surface area contributed by atoms with Crippen molar-refractivity contribution in [3.05, 3.63) is 0 Å². The van der Waals surface area contributed by atoms with Crippen LogP contribution in [0.15, 0.2) is 0 Å². The van der Waals surface area contributed by atoms with Crippen molar-refractivity contribution in [3.63, 3.8) is 0 Å². The van der Waals surface area contributed by atoms with Gasteiger partial charge in [-0.25, -0.2) is 0 Å². The number of carbonyl (C=O) groups excluding carboxylic acids is 1. The topological polar surface area (TPSA) is 74.2 Å². The molecule has 7 heteroatoms. The van der Waals surface area contributed by atoms with Crippen LogP contribution in [-0.2, 0) is 23.7 Å². The van der Waals surface area contributed by atoms with E-state index < -0.39 is 12.4 Å². The first kappa shape index (κ1) is 18.9. The number of rotatable bonds is 7. The molecule has 2 aliphatic rings. The molecule has 1 saturated carbocycles. The molecule has 0 radical (unpaired) electrons. The normalized spacial score (nSPS) is 35.1. The Morgan fingerprint density at radius 1 is 1.26 bits per heavy atom. The van der Waals surface area contributed by atoms with E-state index in [0.717, 1.165) is 12.8 Å². The molecular weight excluding hydrogens is 324 g/mol. The molecule has 23 heavy (non-hydrogen) atoms. The van der Waals surface area contributed by atoms with Crippen LogP contribution < -0.4 is 0 Å². The number of aliphatic hydroxyl groups is 1. The standard InChI is InChI=1S/C16H27ClO6/c1-20-15(19)5-4-11(17)14-7-9-6-10(16(21-2)22-3)12(18)8-13(9)23-14/h9-14,16,18H,4-8H2,1-3H3. The minimum absolute atomic E-state index is 0.0139. The third-order valence-electron chi connectivity index (χ3n) is 5.02. The first-order valence-electron chi connectivity index (χ1n) is 8.10. The first-order valence-corrected chi connectivity index (χ1v) is 8.53. The Morgan fingerprint density at radius 3 is 2.57 bits per heavy atom. The largest absolute Gasteiger partial charge is 0.469 e. The lowest BCUT2D eigenvalue weighted by molar-refractivity contribution is -0.181. The van der Waals surface area contributed by atoms with Crippen molar-refractivity contribution >= 4 is 17.6 Å². The molecule has 1 saturated heterocycles. The van der Waals surface area contributed by atoms with E-state index >= 15 is 0 Å². The minimum Gasteiger partial charge on any atom is -0.469 e. The summed E-state index contributed by atoms with van der Waals surface area (Å²) in [7, 11) is 4.54. The minimum atomic E-state index is -0.510. The van der Waals surface area contributed by atoms with Gasteiger partial charge in [-0.1, -0.05) is 0 Å². The van der Waals surface area contributed by atoms with Gasteiger partial charge in [0.05, 0.1) is 30.8 Å². The number of aliphatic hydroxyl groups excluding tert-OH is 1. The third-order valence-corrected chi connectivity index (χ3v) is 5.52. The van der Waals surface area contributed by atoms with E-state index in [1.807, 2.05) is 0 Å². The molecule has 0 aromatic rings. The van der Waals surface area contributed by atoms with Crippen LogP contribution in [0.25, 0.3) is 0 Å². The highest BCUT2D eigenvalue weighted by Crippen LogP contribution is 2.43. The molecule has 0 aromatic carbocycles. The zero-order valence-corrected chi connectivity index (χ0v) is 14.7. The van der Waals surface area contributed by atoms with Gasteiger partial charge in [-0.2, -0.15) is 0 Å². The zero-order chi connectivity index (χ0) is 17.0. The average Bonchev–Trinajstić information content (AvgIpc) is 2.96. The van der Waals surface area contributed by atoms with Gasteiger partial charge < -0.3 is 24.1 Å². The second-order valence-electron chi connectivity index (χ2n) is 6.38. The number of alkyl halides is 1. The zero-order valence-electron chi connectivity index (χ0n) is 13.9. The quantitative estimate of drug-likeness (QED) is 0.428. The number of hydrogen-bond acceptors (Lipinski definition) is 6. The van der Waals surface area contributed by atoms with E-state index in [1.165, 1.54) is 7.11 Å². The number of fused-ring (bicyclic) bond motifs is 1. The third kappa shape index (κ3) is 4.57. The lowest BCUT2D eigenvalue weighted by Gasteiger charge is -2.37. The molecule has 0 bridgehead atoms. The average molecular weight is 351 g/mol. The number of ether oxygens (including phenoxy) is 4. The fraction of sp³-hybridized carbons (Fsp3) is 0.938. The maximum Gasteiger partial charge on any atom is 0.305 e. The number of halogens is 1. The Morgan fingerprint density at radius 2 is 1.96 bits per heavy atom. The monoisotopic (exact) mass is 350 g/mol. The number of carbonyl (C=O) groups is 1. The molecule has 1 heterocycles. The van der Waals surface area contributed by atoms with Gasteiger partial charge in [0.1, 0.15) is 0 Å². The highest BCUT2D eigenvalue weighted by molar-refractivity contribution is 6.21. The van der Waals surface area contributed by atoms with Gasteiger partial charge in [-0.05, 0) is 25.2 Å². The molecule has 0 aromatic heterocycles.